The van der Waals surface area contributed by atoms with Crippen LogP contribution in [0.15, 0.2) is 0 Å². The Morgan fingerprint density at radius 2 is 1.91 bits per heavy atom. The second-order valence-corrected chi connectivity index (χ2v) is 8.67. The largest absolute Gasteiger partial charge is 0.444 e. The fourth-order valence-corrected chi connectivity index (χ4v) is 3.56. The smallest absolute Gasteiger partial charge is 0.410 e. The van der Waals surface area contributed by atoms with Crippen LogP contribution in [0.3, 0.4) is 0 Å². The van der Waals surface area contributed by atoms with Gasteiger partial charge in [0.15, 0.2) is 0 Å². The predicted octanol–water partition coefficient (Wildman–Crippen LogP) is 3.80. The number of nitrogens with zero attached hydrogens (tertiary/aromatic N) is 1. The minimum atomic E-state index is -0.405. The van der Waals surface area contributed by atoms with Gasteiger partial charge in [0.25, 0.3) is 0 Å². The summed E-state index contributed by atoms with van der Waals surface area (Å²) in [7, 11) is 0. The molecule has 2 unspecified atom stereocenters. The molecular formula is C18H34N2O2. The van der Waals surface area contributed by atoms with E-state index in [2.05, 4.69) is 19.2 Å². The van der Waals surface area contributed by atoms with Gasteiger partial charge in [0.2, 0.25) is 0 Å². The number of amides is 1. The van der Waals surface area contributed by atoms with Gasteiger partial charge in [0, 0.05) is 25.7 Å². The van der Waals surface area contributed by atoms with Gasteiger partial charge in [-0.1, -0.05) is 20.3 Å². The third-order valence-electron chi connectivity index (χ3n) is 5.27. The van der Waals surface area contributed by atoms with Crippen molar-refractivity contribution in [3.8, 4) is 0 Å². The molecule has 0 aromatic heterocycles. The van der Waals surface area contributed by atoms with E-state index in [1.165, 1.54) is 19.3 Å². The van der Waals surface area contributed by atoms with Crippen molar-refractivity contribution in [1.82, 2.24) is 10.2 Å². The molecule has 4 heteroatoms. The number of nitrogens with one attached hydrogen (secondary N) is 1. The van der Waals surface area contributed by atoms with Gasteiger partial charge >= 0.3 is 6.09 Å². The molecule has 128 valence electrons. The Kier molecular flexibility index (Phi) is 5.41. The predicted molar refractivity (Wildman–Crippen MR) is 90.0 cm³/mol. The first-order valence-electron chi connectivity index (χ1n) is 8.90. The van der Waals surface area contributed by atoms with Crippen LogP contribution in [0.2, 0.25) is 0 Å². The number of ether oxygens (including phenoxy) is 1. The van der Waals surface area contributed by atoms with Crippen molar-refractivity contribution in [1.29, 1.82) is 0 Å². The topological polar surface area (TPSA) is 41.6 Å². The van der Waals surface area contributed by atoms with Crippen molar-refractivity contribution in [3.63, 3.8) is 0 Å². The molecule has 0 radical (unpaired) electrons. The molecule has 1 N–H and O–H groups in total. The molecule has 0 aromatic rings. The van der Waals surface area contributed by atoms with Gasteiger partial charge < -0.3 is 15.0 Å². The summed E-state index contributed by atoms with van der Waals surface area (Å²) in [5.74, 6) is 0.811. The van der Waals surface area contributed by atoms with Gasteiger partial charge in [0.1, 0.15) is 5.60 Å². The van der Waals surface area contributed by atoms with E-state index in [1.807, 2.05) is 25.7 Å². The van der Waals surface area contributed by atoms with Crippen molar-refractivity contribution in [3.05, 3.63) is 0 Å². The molecule has 2 fully saturated rings. The molecule has 0 bridgehead atoms. The lowest BCUT2D eigenvalue weighted by molar-refractivity contribution is 0.0116. The van der Waals surface area contributed by atoms with E-state index < -0.39 is 5.60 Å². The number of likely N-dealkylation sites (tertiary alicyclic amines) is 1. The molecule has 2 rings (SSSR count). The summed E-state index contributed by atoms with van der Waals surface area (Å²) in [5, 5.41) is 3.79. The zero-order valence-corrected chi connectivity index (χ0v) is 15.1. The summed E-state index contributed by atoms with van der Waals surface area (Å²) in [5.41, 5.74) is -0.0984. The van der Waals surface area contributed by atoms with E-state index in [-0.39, 0.29) is 6.09 Å². The van der Waals surface area contributed by atoms with E-state index in [4.69, 9.17) is 4.74 Å². The minimum absolute atomic E-state index is 0.160. The summed E-state index contributed by atoms with van der Waals surface area (Å²) < 4.78 is 5.47. The molecule has 0 aromatic carbocycles. The highest BCUT2D eigenvalue weighted by molar-refractivity contribution is 5.68. The summed E-state index contributed by atoms with van der Waals surface area (Å²) in [6.45, 7) is 13.2. The average molecular weight is 310 g/mol. The molecule has 1 amide bonds. The highest BCUT2D eigenvalue weighted by atomic mass is 16.6. The number of carbonyl (C=O) groups excluding carboxylic acids is 1. The van der Waals surface area contributed by atoms with Crippen LogP contribution in [0, 0.1) is 11.3 Å². The Hall–Kier alpha value is -0.770. The SMILES string of the molecule is CC1CCCC1NCC1(C)CCN(C(=O)OC(C)(C)C)CC1. The highest BCUT2D eigenvalue weighted by Crippen LogP contribution is 2.32. The second-order valence-electron chi connectivity index (χ2n) is 8.67. The summed E-state index contributed by atoms with van der Waals surface area (Å²) in [6.07, 6.45) is 6.00. The number of rotatable bonds is 3. The maximum Gasteiger partial charge on any atom is 0.410 e. The van der Waals surface area contributed by atoms with Gasteiger partial charge in [0.05, 0.1) is 0 Å². The van der Waals surface area contributed by atoms with E-state index >= 15 is 0 Å². The minimum Gasteiger partial charge on any atom is -0.444 e. The average Bonchev–Trinajstić information content (AvgIpc) is 2.81. The lowest BCUT2D eigenvalue weighted by atomic mass is 9.80. The van der Waals surface area contributed by atoms with E-state index in [0.29, 0.717) is 11.5 Å². The first-order chi connectivity index (χ1) is 10.2. The Balaban J connectivity index is 1.76. The van der Waals surface area contributed by atoms with Gasteiger partial charge in [-0.3, -0.25) is 0 Å². The van der Waals surface area contributed by atoms with Gasteiger partial charge in [-0.25, -0.2) is 4.79 Å². The maximum absolute atomic E-state index is 12.1. The van der Waals surface area contributed by atoms with Crippen molar-refractivity contribution < 1.29 is 9.53 Å². The third kappa shape index (κ3) is 4.87. The van der Waals surface area contributed by atoms with Gasteiger partial charge in [-0.05, 0) is 57.8 Å². The van der Waals surface area contributed by atoms with Crippen molar-refractivity contribution in [2.24, 2.45) is 11.3 Å². The Morgan fingerprint density at radius 3 is 2.41 bits per heavy atom. The first kappa shape index (κ1) is 17.6. The van der Waals surface area contributed by atoms with Crippen LogP contribution >= 0.6 is 0 Å². The summed E-state index contributed by atoms with van der Waals surface area (Å²) >= 11 is 0. The lowest BCUT2D eigenvalue weighted by Gasteiger charge is -2.40. The van der Waals surface area contributed by atoms with Crippen LogP contribution in [0.1, 0.15) is 66.7 Å². The molecule has 1 saturated heterocycles. The number of piperidine rings is 1. The van der Waals surface area contributed by atoms with Gasteiger partial charge in [-0.15, -0.1) is 0 Å². The monoisotopic (exact) mass is 310 g/mol. The Labute approximate surface area is 136 Å². The molecule has 1 heterocycles. The molecular weight excluding hydrogens is 276 g/mol. The number of carbonyl (C=O) groups is 1. The van der Waals surface area contributed by atoms with Crippen molar-refractivity contribution in [2.75, 3.05) is 19.6 Å². The molecule has 2 atom stereocenters. The number of hydrogen-bond acceptors (Lipinski definition) is 3. The Bertz CT molecular complexity index is 381. The normalized spacial score (nSPS) is 28.7. The second kappa shape index (κ2) is 6.77. The molecule has 1 aliphatic carbocycles. The van der Waals surface area contributed by atoms with Crippen molar-refractivity contribution >= 4 is 6.09 Å². The zero-order valence-electron chi connectivity index (χ0n) is 15.1. The van der Waals surface area contributed by atoms with Crippen LogP contribution < -0.4 is 5.32 Å². The van der Waals surface area contributed by atoms with Crippen LogP contribution in [0.25, 0.3) is 0 Å². The fraction of sp³-hybridized carbons (Fsp3) is 0.944. The molecule has 0 spiro atoms. The quantitative estimate of drug-likeness (QED) is 0.862. The van der Waals surface area contributed by atoms with Crippen LogP contribution in [-0.4, -0.2) is 42.3 Å². The van der Waals surface area contributed by atoms with Crippen LogP contribution in [0.5, 0.6) is 0 Å². The number of hydrogen-bond donors (Lipinski definition) is 1. The van der Waals surface area contributed by atoms with Crippen LogP contribution in [-0.2, 0) is 4.74 Å². The summed E-state index contributed by atoms with van der Waals surface area (Å²) in [4.78, 5) is 14.0. The fourth-order valence-electron chi connectivity index (χ4n) is 3.56. The lowest BCUT2D eigenvalue weighted by Crippen LogP contribution is -2.48. The van der Waals surface area contributed by atoms with Crippen LogP contribution in [0.4, 0.5) is 4.79 Å². The van der Waals surface area contributed by atoms with E-state index in [1.54, 1.807) is 0 Å². The van der Waals surface area contributed by atoms with Crippen molar-refractivity contribution in [2.45, 2.75) is 78.4 Å². The molecule has 1 aliphatic heterocycles. The molecule has 2 aliphatic rings. The van der Waals surface area contributed by atoms with E-state index in [9.17, 15) is 4.79 Å². The highest BCUT2D eigenvalue weighted by Gasteiger charge is 2.34. The zero-order chi connectivity index (χ0) is 16.4. The van der Waals surface area contributed by atoms with E-state index in [0.717, 1.165) is 38.4 Å². The summed E-state index contributed by atoms with van der Waals surface area (Å²) in [6, 6.07) is 0.695. The van der Waals surface area contributed by atoms with Gasteiger partial charge in [-0.2, -0.15) is 0 Å². The standard InChI is InChI=1S/C18H34N2O2/c1-14-7-6-8-15(14)19-13-18(5)9-11-20(12-10-18)16(21)22-17(2,3)4/h14-15,19H,6-13H2,1-5H3. The Morgan fingerprint density at radius 1 is 1.27 bits per heavy atom. The maximum atomic E-state index is 12.1. The first-order valence-corrected chi connectivity index (χ1v) is 8.90. The molecule has 1 saturated carbocycles. The molecule has 4 nitrogen and oxygen atoms in total. The third-order valence-corrected chi connectivity index (χ3v) is 5.27. The molecule has 22 heavy (non-hydrogen) atoms.